The van der Waals surface area contributed by atoms with Gasteiger partial charge in [0, 0.05) is 0 Å². The van der Waals surface area contributed by atoms with Crippen molar-refractivity contribution in [3.8, 4) is 17.2 Å². The summed E-state index contributed by atoms with van der Waals surface area (Å²) in [5, 5.41) is 0. The SMILES string of the molecule is COc1cc(CCCCCCC(C)C)cc(OC)c1OC. The molecule has 0 radical (unpaired) electrons. The van der Waals surface area contributed by atoms with Gasteiger partial charge in [0.1, 0.15) is 0 Å². The van der Waals surface area contributed by atoms with Crippen LogP contribution in [0.5, 0.6) is 17.2 Å². The molecule has 0 fully saturated rings. The van der Waals surface area contributed by atoms with Crippen molar-refractivity contribution in [3.05, 3.63) is 17.7 Å². The Morgan fingerprint density at radius 3 is 1.86 bits per heavy atom. The Balaban J connectivity index is 2.51. The van der Waals surface area contributed by atoms with Gasteiger partial charge in [0.25, 0.3) is 0 Å². The van der Waals surface area contributed by atoms with Gasteiger partial charge in [0.05, 0.1) is 21.3 Å². The van der Waals surface area contributed by atoms with Crippen LogP contribution < -0.4 is 14.2 Å². The highest BCUT2D eigenvalue weighted by atomic mass is 16.5. The molecule has 1 rings (SSSR count). The van der Waals surface area contributed by atoms with Crippen molar-refractivity contribution in [1.29, 1.82) is 0 Å². The maximum Gasteiger partial charge on any atom is 0.203 e. The fraction of sp³-hybridized carbons (Fsp3) is 0.667. The van der Waals surface area contributed by atoms with Crippen molar-refractivity contribution in [2.24, 2.45) is 5.92 Å². The van der Waals surface area contributed by atoms with Crippen molar-refractivity contribution in [2.45, 2.75) is 52.4 Å². The summed E-state index contributed by atoms with van der Waals surface area (Å²) in [6, 6.07) is 4.10. The molecule has 0 aliphatic carbocycles. The number of hydrogen-bond acceptors (Lipinski definition) is 3. The van der Waals surface area contributed by atoms with E-state index < -0.39 is 0 Å². The smallest absolute Gasteiger partial charge is 0.203 e. The maximum absolute atomic E-state index is 5.39. The lowest BCUT2D eigenvalue weighted by atomic mass is 10.0. The van der Waals surface area contributed by atoms with Gasteiger partial charge in [-0.1, -0.05) is 39.5 Å². The molecular weight excluding hydrogens is 264 g/mol. The Kier molecular flexibility index (Phi) is 8.03. The molecule has 0 aromatic heterocycles. The minimum Gasteiger partial charge on any atom is -0.493 e. The van der Waals surface area contributed by atoms with E-state index in [1.165, 1.54) is 37.7 Å². The van der Waals surface area contributed by atoms with Crippen LogP contribution in [0.4, 0.5) is 0 Å². The van der Waals surface area contributed by atoms with Crippen LogP contribution in [-0.2, 0) is 6.42 Å². The van der Waals surface area contributed by atoms with Gasteiger partial charge in [-0.3, -0.25) is 0 Å². The van der Waals surface area contributed by atoms with Gasteiger partial charge in [-0.05, 0) is 36.5 Å². The van der Waals surface area contributed by atoms with E-state index in [0.717, 1.165) is 23.8 Å². The third-order valence-corrected chi connectivity index (χ3v) is 3.72. The standard InChI is InChI=1S/C18H30O3/c1-14(2)10-8-6-7-9-11-15-12-16(19-3)18(21-5)17(13-15)20-4/h12-14H,6-11H2,1-5H3. The molecule has 0 aliphatic rings. The van der Waals surface area contributed by atoms with Crippen LogP contribution in [0.25, 0.3) is 0 Å². The third kappa shape index (κ3) is 5.86. The molecule has 0 amide bonds. The van der Waals surface area contributed by atoms with Gasteiger partial charge < -0.3 is 14.2 Å². The third-order valence-electron chi connectivity index (χ3n) is 3.72. The summed E-state index contributed by atoms with van der Waals surface area (Å²) in [4.78, 5) is 0. The van der Waals surface area contributed by atoms with Crippen LogP contribution >= 0.6 is 0 Å². The van der Waals surface area contributed by atoms with Gasteiger partial charge in [-0.25, -0.2) is 0 Å². The molecule has 0 atom stereocenters. The first-order chi connectivity index (χ1) is 10.1. The molecule has 0 heterocycles. The molecule has 0 saturated carbocycles. The summed E-state index contributed by atoms with van der Waals surface area (Å²) in [5.74, 6) is 2.97. The Hall–Kier alpha value is -1.38. The predicted octanol–water partition coefficient (Wildman–Crippen LogP) is 4.86. The monoisotopic (exact) mass is 294 g/mol. The minimum atomic E-state index is 0.667. The highest BCUT2D eigenvalue weighted by Gasteiger charge is 2.12. The molecule has 0 spiro atoms. The average molecular weight is 294 g/mol. The van der Waals surface area contributed by atoms with Crippen LogP contribution in [0.1, 0.15) is 51.5 Å². The molecule has 1 aromatic carbocycles. The molecule has 0 aliphatic heterocycles. The van der Waals surface area contributed by atoms with Gasteiger partial charge in [-0.15, -0.1) is 0 Å². The molecule has 0 N–H and O–H groups in total. The van der Waals surface area contributed by atoms with E-state index in [1.54, 1.807) is 21.3 Å². The lowest BCUT2D eigenvalue weighted by Gasteiger charge is -2.14. The summed E-state index contributed by atoms with van der Waals surface area (Å²) >= 11 is 0. The van der Waals surface area contributed by atoms with E-state index in [4.69, 9.17) is 14.2 Å². The molecule has 0 saturated heterocycles. The van der Waals surface area contributed by atoms with Crippen LogP contribution in [-0.4, -0.2) is 21.3 Å². The highest BCUT2D eigenvalue weighted by molar-refractivity contribution is 5.53. The molecule has 120 valence electrons. The number of unbranched alkanes of at least 4 members (excludes halogenated alkanes) is 3. The minimum absolute atomic E-state index is 0.667. The fourth-order valence-corrected chi connectivity index (χ4v) is 2.51. The lowest BCUT2D eigenvalue weighted by Crippen LogP contribution is -1.97. The number of methoxy groups -OCH3 is 3. The van der Waals surface area contributed by atoms with Crippen molar-refractivity contribution < 1.29 is 14.2 Å². The topological polar surface area (TPSA) is 27.7 Å². The molecule has 21 heavy (non-hydrogen) atoms. The number of ether oxygens (including phenoxy) is 3. The first-order valence-electron chi connectivity index (χ1n) is 7.91. The van der Waals surface area contributed by atoms with Crippen LogP contribution in [0.3, 0.4) is 0 Å². The quantitative estimate of drug-likeness (QED) is 0.577. The second-order valence-electron chi connectivity index (χ2n) is 5.88. The summed E-state index contributed by atoms with van der Waals surface area (Å²) in [6.45, 7) is 4.58. The van der Waals surface area contributed by atoms with Crippen molar-refractivity contribution in [2.75, 3.05) is 21.3 Å². The van der Waals surface area contributed by atoms with Gasteiger partial charge >= 0.3 is 0 Å². The first-order valence-corrected chi connectivity index (χ1v) is 7.91. The van der Waals surface area contributed by atoms with Crippen molar-refractivity contribution in [1.82, 2.24) is 0 Å². The molecular formula is C18H30O3. The zero-order chi connectivity index (χ0) is 15.7. The molecule has 1 aromatic rings. The largest absolute Gasteiger partial charge is 0.493 e. The Morgan fingerprint density at radius 1 is 0.810 bits per heavy atom. The molecule has 3 nitrogen and oxygen atoms in total. The fourth-order valence-electron chi connectivity index (χ4n) is 2.51. The Morgan fingerprint density at radius 2 is 1.38 bits per heavy atom. The summed E-state index contributed by atoms with van der Waals surface area (Å²) in [5.41, 5.74) is 1.24. The summed E-state index contributed by atoms with van der Waals surface area (Å²) in [6.07, 6.45) is 7.54. The van der Waals surface area contributed by atoms with E-state index >= 15 is 0 Å². The predicted molar refractivity (Wildman–Crippen MR) is 87.7 cm³/mol. The van der Waals surface area contributed by atoms with Gasteiger partial charge in [0.2, 0.25) is 5.75 Å². The zero-order valence-electron chi connectivity index (χ0n) is 14.2. The Bertz CT molecular complexity index is 388. The molecule has 0 bridgehead atoms. The van der Waals surface area contributed by atoms with Gasteiger partial charge in [-0.2, -0.15) is 0 Å². The lowest BCUT2D eigenvalue weighted by molar-refractivity contribution is 0.323. The summed E-state index contributed by atoms with van der Waals surface area (Å²) < 4.78 is 16.1. The average Bonchev–Trinajstić information content (AvgIpc) is 2.49. The van der Waals surface area contributed by atoms with Crippen LogP contribution in [0, 0.1) is 5.92 Å². The number of hydrogen-bond donors (Lipinski definition) is 0. The first kappa shape index (κ1) is 17.7. The number of aryl methyl sites for hydroxylation is 1. The second kappa shape index (κ2) is 9.54. The zero-order valence-corrected chi connectivity index (χ0v) is 14.2. The normalized spacial score (nSPS) is 10.8. The Labute approximate surface area is 129 Å². The summed E-state index contributed by atoms with van der Waals surface area (Å²) in [7, 11) is 4.95. The highest BCUT2D eigenvalue weighted by Crippen LogP contribution is 2.38. The molecule has 3 heteroatoms. The molecule has 0 unspecified atom stereocenters. The van der Waals surface area contributed by atoms with E-state index in [2.05, 4.69) is 26.0 Å². The second-order valence-corrected chi connectivity index (χ2v) is 5.88. The van der Waals surface area contributed by atoms with E-state index in [1.807, 2.05) is 0 Å². The van der Waals surface area contributed by atoms with Crippen LogP contribution in [0.15, 0.2) is 12.1 Å². The maximum atomic E-state index is 5.39. The van der Waals surface area contributed by atoms with Crippen molar-refractivity contribution >= 4 is 0 Å². The number of benzene rings is 1. The number of rotatable bonds is 10. The van der Waals surface area contributed by atoms with Crippen LogP contribution in [0.2, 0.25) is 0 Å². The van der Waals surface area contributed by atoms with Gasteiger partial charge in [0.15, 0.2) is 11.5 Å². The van der Waals surface area contributed by atoms with E-state index in [0.29, 0.717) is 5.75 Å². The van der Waals surface area contributed by atoms with E-state index in [-0.39, 0.29) is 0 Å². The van der Waals surface area contributed by atoms with E-state index in [9.17, 15) is 0 Å². The van der Waals surface area contributed by atoms with Crippen molar-refractivity contribution in [3.63, 3.8) is 0 Å².